The number of nitrogens with zero attached hydrogens (tertiary/aromatic N) is 3. The van der Waals surface area contributed by atoms with Crippen molar-refractivity contribution in [3.8, 4) is 21.7 Å². The second-order valence-electron chi connectivity index (χ2n) is 5.43. The Morgan fingerprint density at radius 3 is 2.71 bits per heavy atom. The molecule has 0 bridgehead atoms. The molecule has 3 aromatic heterocycles. The second kappa shape index (κ2) is 5.96. The summed E-state index contributed by atoms with van der Waals surface area (Å²) >= 11 is 5.25. The van der Waals surface area contributed by atoms with Gasteiger partial charge < -0.3 is 5.73 Å². The van der Waals surface area contributed by atoms with Crippen molar-refractivity contribution in [3.05, 3.63) is 58.1 Å². The summed E-state index contributed by atoms with van der Waals surface area (Å²) in [5.41, 5.74) is 9.67. The van der Waals surface area contributed by atoms with Crippen LogP contribution < -0.4 is 5.73 Å². The average molecular weight is 397 g/mol. The van der Waals surface area contributed by atoms with Gasteiger partial charge in [0.1, 0.15) is 12.1 Å². The molecule has 4 rings (SSSR count). The quantitative estimate of drug-likeness (QED) is 0.513. The zero-order valence-electron chi connectivity index (χ0n) is 12.8. The molecule has 6 heteroatoms. The molecule has 0 radical (unpaired) electrons. The number of anilines is 1. The molecule has 1 aromatic carbocycles. The Balaban J connectivity index is 2.05. The van der Waals surface area contributed by atoms with Gasteiger partial charge in [0.25, 0.3) is 0 Å². The first-order valence-corrected chi connectivity index (χ1v) is 8.97. The standard InChI is InChI=1S/C18H13BrN4S/c1-10-5-6-15(24-10)14-8-13(11-3-2-4-12(19)7-11)16-17(20)21-9-22-18(16)23-14/h2-9H,1H3,(H2,20,21,22,23). The highest BCUT2D eigenvalue weighted by molar-refractivity contribution is 9.10. The molecule has 0 aliphatic carbocycles. The van der Waals surface area contributed by atoms with E-state index in [1.165, 1.54) is 11.2 Å². The number of thiophene rings is 1. The molecule has 0 unspecified atom stereocenters. The first-order chi connectivity index (χ1) is 11.6. The summed E-state index contributed by atoms with van der Waals surface area (Å²) in [6.45, 7) is 2.09. The maximum atomic E-state index is 6.13. The zero-order chi connectivity index (χ0) is 16.7. The highest BCUT2D eigenvalue weighted by atomic mass is 79.9. The van der Waals surface area contributed by atoms with E-state index in [4.69, 9.17) is 10.7 Å². The number of rotatable bonds is 2. The zero-order valence-corrected chi connectivity index (χ0v) is 15.2. The molecular formula is C18H13BrN4S. The van der Waals surface area contributed by atoms with Gasteiger partial charge in [-0.25, -0.2) is 15.0 Å². The molecule has 3 heterocycles. The Morgan fingerprint density at radius 2 is 1.96 bits per heavy atom. The van der Waals surface area contributed by atoms with E-state index >= 15 is 0 Å². The summed E-state index contributed by atoms with van der Waals surface area (Å²) in [5.74, 6) is 0.441. The number of halogens is 1. The summed E-state index contributed by atoms with van der Waals surface area (Å²) in [6.07, 6.45) is 1.46. The number of pyridine rings is 1. The van der Waals surface area contributed by atoms with Crippen molar-refractivity contribution in [1.29, 1.82) is 0 Å². The van der Waals surface area contributed by atoms with Crippen molar-refractivity contribution < 1.29 is 0 Å². The number of aryl methyl sites for hydroxylation is 1. The van der Waals surface area contributed by atoms with E-state index < -0.39 is 0 Å². The van der Waals surface area contributed by atoms with Gasteiger partial charge in [-0.3, -0.25) is 0 Å². The van der Waals surface area contributed by atoms with Crippen LogP contribution in [-0.2, 0) is 0 Å². The van der Waals surface area contributed by atoms with Crippen LogP contribution in [0, 0.1) is 6.92 Å². The molecule has 4 nitrogen and oxygen atoms in total. The lowest BCUT2D eigenvalue weighted by Gasteiger charge is -2.10. The fraction of sp³-hybridized carbons (Fsp3) is 0.0556. The number of aromatic nitrogens is 3. The predicted octanol–water partition coefficient (Wildman–Crippen LogP) is 5.07. The first-order valence-electron chi connectivity index (χ1n) is 7.36. The molecule has 118 valence electrons. The van der Waals surface area contributed by atoms with Crippen LogP contribution in [0.3, 0.4) is 0 Å². The van der Waals surface area contributed by atoms with Crippen molar-refractivity contribution in [2.45, 2.75) is 6.92 Å². The van der Waals surface area contributed by atoms with Crippen molar-refractivity contribution in [3.63, 3.8) is 0 Å². The van der Waals surface area contributed by atoms with Crippen LogP contribution in [0.1, 0.15) is 4.88 Å². The summed E-state index contributed by atoms with van der Waals surface area (Å²) in [7, 11) is 0. The number of fused-ring (bicyclic) bond motifs is 1. The second-order valence-corrected chi connectivity index (χ2v) is 7.64. The van der Waals surface area contributed by atoms with Crippen molar-refractivity contribution in [2.75, 3.05) is 5.73 Å². The fourth-order valence-electron chi connectivity index (χ4n) is 2.67. The van der Waals surface area contributed by atoms with Crippen molar-refractivity contribution in [2.24, 2.45) is 0 Å². The van der Waals surface area contributed by atoms with Crippen molar-refractivity contribution in [1.82, 2.24) is 15.0 Å². The van der Waals surface area contributed by atoms with Gasteiger partial charge in [-0.05, 0) is 48.4 Å². The molecule has 0 atom stereocenters. The summed E-state index contributed by atoms with van der Waals surface area (Å²) in [6, 6.07) is 14.4. The van der Waals surface area contributed by atoms with E-state index in [9.17, 15) is 0 Å². The molecule has 2 N–H and O–H groups in total. The minimum Gasteiger partial charge on any atom is -0.383 e. The van der Waals surface area contributed by atoms with Gasteiger partial charge in [-0.15, -0.1) is 11.3 Å². The topological polar surface area (TPSA) is 64.7 Å². The van der Waals surface area contributed by atoms with E-state index in [1.807, 2.05) is 12.1 Å². The Hall–Kier alpha value is -2.31. The number of hydrogen-bond donors (Lipinski definition) is 1. The van der Waals surface area contributed by atoms with Gasteiger partial charge in [0.2, 0.25) is 0 Å². The van der Waals surface area contributed by atoms with Gasteiger partial charge in [-0.1, -0.05) is 28.1 Å². The van der Waals surface area contributed by atoms with Gasteiger partial charge in [-0.2, -0.15) is 0 Å². The minimum atomic E-state index is 0.441. The van der Waals surface area contributed by atoms with Gasteiger partial charge in [0, 0.05) is 9.35 Å². The average Bonchev–Trinajstić information content (AvgIpc) is 3.01. The van der Waals surface area contributed by atoms with E-state index in [2.05, 4.69) is 63.2 Å². The summed E-state index contributed by atoms with van der Waals surface area (Å²) < 4.78 is 1.01. The highest BCUT2D eigenvalue weighted by Gasteiger charge is 2.14. The first kappa shape index (κ1) is 15.2. The molecule has 0 aliphatic heterocycles. The van der Waals surface area contributed by atoms with E-state index in [0.29, 0.717) is 11.5 Å². The van der Waals surface area contributed by atoms with E-state index in [1.54, 1.807) is 11.3 Å². The lowest BCUT2D eigenvalue weighted by atomic mass is 10.0. The molecule has 0 fully saturated rings. The Bertz CT molecular complexity index is 1060. The third-order valence-electron chi connectivity index (χ3n) is 3.76. The molecular weight excluding hydrogens is 384 g/mol. The number of benzene rings is 1. The van der Waals surface area contributed by atoms with Crippen LogP contribution in [-0.4, -0.2) is 15.0 Å². The van der Waals surface area contributed by atoms with Crippen LogP contribution >= 0.6 is 27.3 Å². The number of hydrogen-bond acceptors (Lipinski definition) is 5. The summed E-state index contributed by atoms with van der Waals surface area (Å²) in [5, 5.41) is 0.785. The van der Waals surface area contributed by atoms with Crippen LogP contribution in [0.25, 0.3) is 32.7 Å². The third kappa shape index (κ3) is 2.68. The lowest BCUT2D eigenvalue weighted by Crippen LogP contribution is -1.98. The third-order valence-corrected chi connectivity index (χ3v) is 5.28. The van der Waals surface area contributed by atoms with Crippen LogP contribution in [0.15, 0.2) is 53.3 Å². The molecule has 4 aromatic rings. The maximum Gasteiger partial charge on any atom is 0.165 e. The van der Waals surface area contributed by atoms with Crippen LogP contribution in [0.4, 0.5) is 5.82 Å². The maximum absolute atomic E-state index is 6.13. The fourth-order valence-corrected chi connectivity index (χ4v) is 3.90. The normalized spacial score (nSPS) is 11.1. The van der Waals surface area contributed by atoms with E-state index in [-0.39, 0.29) is 0 Å². The van der Waals surface area contributed by atoms with Crippen LogP contribution in [0.5, 0.6) is 0 Å². The number of nitrogen functional groups attached to an aromatic ring is 1. The minimum absolute atomic E-state index is 0.441. The largest absolute Gasteiger partial charge is 0.383 e. The molecule has 0 aliphatic rings. The Kier molecular flexibility index (Phi) is 3.78. The molecule has 0 saturated heterocycles. The molecule has 0 amide bonds. The number of nitrogens with two attached hydrogens (primary N) is 1. The highest BCUT2D eigenvalue weighted by Crippen LogP contribution is 2.36. The van der Waals surface area contributed by atoms with Crippen molar-refractivity contribution >= 4 is 44.1 Å². The smallest absolute Gasteiger partial charge is 0.165 e. The lowest BCUT2D eigenvalue weighted by molar-refractivity contribution is 1.19. The SMILES string of the molecule is Cc1ccc(-c2cc(-c3cccc(Br)c3)c3c(N)ncnc3n2)s1. The van der Waals surface area contributed by atoms with Gasteiger partial charge in [0.05, 0.1) is 16.0 Å². The van der Waals surface area contributed by atoms with E-state index in [0.717, 1.165) is 31.6 Å². The molecule has 24 heavy (non-hydrogen) atoms. The molecule has 0 saturated carbocycles. The Morgan fingerprint density at radius 1 is 1.08 bits per heavy atom. The van der Waals surface area contributed by atoms with Gasteiger partial charge in [0.15, 0.2) is 5.65 Å². The monoisotopic (exact) mass is 396 g/mol. The predicted molar refractivity (Wildman–Crippen MR) is 103 cm³/mol. The van der Waals surface area contributed by atoms with Crippen LogP contribution in [0.2, 0.25) is 0 Å². The summed E-state index contributed by atoms with van der Waals surface area (Å²) in [4.78, 5) is 15.5. The van der Waals surface area contributed by atoms with Gasteiger partial charge >= 0.3 is 0 Å². The molecule has 0 spiro atoms. The Labute approximate surface area is 151 Å².